The Labute approximate surface area is 177 Å². The molecular weight excluding hydrogens is 419 g/mol. The van der Waals surface area contributed by atoms with Crippen LogP contribution in [0.15, 0.2) is 53.7 Å². The van der Waals surface area contributed by atoms with Crippen molar-refractivity contribution < 1.29 is 9.53 Å². The van der Waals surface area contributed by atoms with Crippen LogP contribution in [0, 0.1) is 0 Å². The van der Waals surface area contributed by atoms with E-state index >= 15 is 0 Å². The summed E-state index contributed by atoms with van der Waals surface area (Å²) >= 11 is 13.5. The molecule has 0 aliphatic heterocycles. The molecule has 0 spiro atoms. The summed E-state index contributed by atoms with van der Waals surface area (Å²) in [6, 6.07) is 14.5. The molecule has 9 heteroatoms. The summed E-state index contributed by atoms with van der Waals surface area (Å²) in [4.78, 5) is 12.2. The molecule has 0 radical (unpaired) electrons. The molecule has 0 aliphatic rings. The fourth-order valence-electron chi connectivity index (χ4n) is 2.37. The highest BCUT2D eigenvalue weighted by atomic mass is 35.5. The van der Waals surface area contributed by atoms with Crippen molar-refractivity contribution in [1.29, 1.82) is 0 Å². The molecule has 2 aromatic carbocycles. The molecule has 6 nitrogen and oxygen atoms in total. The van der Waals surface area contributed by atoms with Crippen molar-refractivity contribution in [2.75, 3.05) is 11.9 Å². The van der Waals surface area contributed by atoms with E-state index in [1.165, 1.54) is 11.8 Å². The van der Waals surface area contributed by atoms with Crippen molar-refractivity contribution in [3.8, 4) is 5.75 Å². The number of ether oxygens (including phenoxy) is 1. The number of rotatable bonds is 8. The number of hydrogen-bond donors (Lipinski definition) is 1. The first-order valence-corrected chi connectivity index (χ1v) is 10.3. The molecule has 1 heterocycles. The zero-order valence-corrected chi connectivity index (χ0v) is 17.4. The number of carbonyl (C=O) groups is 1. The molecule has 28 heavy (non-hydrogen) atoms. The molecule has 0 unspecified atom stereocenters. The van der Waals surface area contributed by atoms with Crippen molar-refractivity contribution >= 4 is 46.8 Å². The lowest BCUT2D eigenvalue weighted by Crippen LogP contribution is -2.22. The Balaban J connectivity index is 1.58. The lowest BCUT2D eigenvalue weighted by molar-refractivity contribution is -0.118. The Morgan fingerprint density at radius 2 is 1.89 bits per heavy atom. The van der Waals surface area contributed by atoms with Crippen LogP contribution in [0.25, 0.3) is 0 Å². The maximum Gasteiger partial charge on any atom is 0.264 e. The summed E-state index contributed by atoms with van der Waals surface area (Å²) in [7, 11) is 0. The van der Waals surface area contributed by atoms with Gasteiger partial charge in [-0.05, 0) is 42.8 Å². The first kappa shape index (κ1) is 20.5. The number of hydrogen-bond acceptors (Lipinski definition) is 5. The second-order valence-corrected chi connectivity index (χ2v) is 7.51. The molecule has 1 amide bonds. The topological polar surface area (TPSA) is 69.0 Å². The highest BCUT2D eigenvalue weighted by Gasteiger charge is 2.15. The average Bonchev–Trinajstić information content (AvgIpc) is 3.08. The monoisotopic (exact) mass is 436 g/mol. The van der Waals surface area contributed by atoms with Crippen LogP contribution < -0.4 is 10.1 Å². The molecule has 3 aromatic rings. The summed E-state index contributed by atoms with van der Waals surface area (Å²) in [5.74, 6) is 1.28. The predicted octanol–water partition coefficient (Wildman–Crippen LogP) is 4.91. The van der Waals surface area contributed by atoms with Gasteiger partial charge < -0.3 is 4.74 Å². The third-order valence-corrected chi connectivity index (χ3v) is 5.42. The van der Waals surface area contributed by atoms with Crippen LogP contribution >= 0.6 is 35.0 Å². The Morgan fingerprint density at radius 3 is 2.61 bits per heavy atom. The Kier molecular flexibility index (Phi) is 7.19. The lowest BCUT2D eigenvalue weighted by Gasteiger charge is -2.09. The maximum atomic E-state index is 12.2. The number of nitrogens with zero attached hydrogens (tertiary/aromatic N) is 3. The van der Waals surface area contributed by atoms with E-state index in [9.17, 15) is 4.79 Å². The van der Waals surface area contributed by atoms with Crippen molar-refractivity contribution in [3.05, 3.63) is 64.1 Å². The van der Waals surface area contributed by atoms with Crippen molar-refractivity contribution in [1.82, 2.24) is 14.8 Å². The first-order valence-electron chi connectivity index (χ1n) is 8.54. The van der Waals surface area contributed by atoms with Crippen LogP contribution in [-0.4, -0.2) is 27.3 Å². The van der Waals surface area contributed by atoms with E-state index in [1.54, 1.807) is 24.3 Å². The Bertz CT molecular complexity index is 947. The highest BCUT2D eigenvalue weighted by Crippen LogP contribution is 2.27. The van der Waals surface area contributed by atoms with Gasteiger partial charge in [0.25, 0.3) is 5.91 Å². The third kappa shape index (κ3) is 5.41. The van der Waals surface area contributed by atoms with E-state index in [0.717, 1.165) is 5.56 Å². The second-order valence-electron chi connectivity index (χ2n) is 5.72. The van der Waals surface area contributed by atoms with E-state index < -0.39 is 0 Å². The number of carbonyl (C=O) groups excluding carboxylic acids is 1. The van der Waals surface area contributed by atoms with Gasteiger partial charge in [0.05, 0.1) is 0 Å². The number of thioether (sulfide) groups is 1. The maximum absolute atomic E-state index is 12.2. The van der Waals surface area contributed by atoms with Crippen LogP contribution in [0.3, 0.4) is 0 Å². The van der Waals surface area contributed by atoms with Gasteiger partial charge in [-0.3, -0.25) is 14.7 Å². The van der Waals surface area contributed by atoms with Gasteiger partial charge in [-0.15, -0.1) is 10.2 Å². The van der Waals surface area contributed by atoms with Crippen LogP contribution in [0.5, 0.6) is 5.75 Å². The number of benzene rings is 2. The Morgan fingerprint density at radius 1 is 1.14 bits per heavy atom. The molecule has 3 rings (SSSR count). The highest BCUT2D eigenvalue weighted by molar-refractivity contribution is 7.98. The summed E-state index contributed by atoms with van der Waals surface area (Å²) in [6.07, 6.45) is 0. The van der Waals surface area contributed by atoms with Crippen LogP contribution in [0.4, 0.5) is 5.95 Å². The third-order valence-electron chi connectivity index (χ3n) is 3.78. The molecule has 0 saturated carbocycles. The smallest absolute Gasteiger partial charge is 0.264 e. The zero-order chi connectivity index (χ0) is 19.9. The van der Waals surface area contributed by atoms with Gasteiger partial charge in [0, 0.05) is 22.3 Å². The molecule has 1 aromatic heterocycles. The standard InChI is InChI=1S/C19H18Cl2N4O2S/c1-2-25-18(22-17(26)11-27-15-9-7-14(20)8-10-15)23-24-19(25)28-12-13-5-3-4-6-16(13)21/h3-10H,2,11-12H2,1H3,(H,22,23,26). The SMILES string of the molecule is CCn1c(NC(=O)COc2ccc(Cl)cc2)nnc1SCc1ccccc1Cl. The van der Waals surface area contributed by atoms with E-state index in [2.05, 4.69) is 15.5 Å². The number of anilines is 1. The quantitative estimate of drug-likeness (QED) is 0.507. The van der Waals surface area contributed by atoms with Crippen molar-refractivity contribution in [3.63, 3.8) is 0 Å². The van der Waals surface area contributed by atoms with E-state index in [4.69, 9.17) is 27.9 Å². The first-order chi connectivity index (χ1) is 13.6. The molecule has 0 fully saturated rings. The van der Waals surface area contributed by atoms with Gasteiger partial charge in [0.2, 0.25) is 5.95 Å². The van der Waals surface area contributed by atoms with Crippen LogP contribution in [-0.2, 0) is 17.1 Å². The zero-order valence-electron chi connectivity index (χ0n) is 15.1. The minimum Gasteiger partial charge on any atom is -0.484 e. The predicted molar refractivity (Wildman–Crippen MR) is 112 cm³/mol. The van der Waals surface area contributed by atoms with Crippen LogP contribution in [0.1, 0.15) is 12.5 Å². The summed E-state index contributed by atoms with van der Waals surface area (Å²) < 4.78 is 7.28. The average molecular weight is 437 g/mol. The van der Waals surface area contributed by atoms with Gasteiger partial charge in [-0.25, -0.2) is 0 Å². The molecule has 0 atom stereocenters. The molecular formula is C19H18Cl2N4O2S. The molecule has 146 valence electrons. The van der Waals surface area contributed by atoms with Gasteiger partial charge in [0.15, 0.2) is 11.8 Å². The van der Waals surface area contributed by atoms with Crippen LogP contribution in [0.2, 0.25) is 10.0 Å². The molecule has 0 bridgehead atoms. The van der Waals surface area contributed by atoms with E-state index in [-0.39, 0.29) is 12.5 Å². The summed E-state index contributed by atoms with van der Waals surface area (Å²) in [6.45, 7) is 2.44. The molecule has 0 aliphatic carbocycles. The van der Waals surface area contributed by atoms with E-state index in [0.29, 0.717) is 39.2 Å². The van der Waals surface area contributed by atoms with Gasteiger partial charge >= 0.3 is 0 Å². The normalized spacial score (nSPS) is 10.7. The van der Waals surface area contributed by atoms with Gasteiger partial charge in [0.1, 0.15) is 5.75 Å². The molecule has 1 N–H and O–H groups in total. The number of amides is 1. The fraction of sp³-hybridized carbons (Fsp3) is 0.211. The lowest BCUT2D eigenvalue weighted by atomic mass is 10.2. The second kappa shape index (κ2) is 9.82. The van der Waals surface area contributed by atoms with Gasteiger partial charge in [-0.2, -0.15) is 0 Å². The number of nitrogens with one attached hydrogen (secondary N) is 1. The van der Waals surface area contributed by atoms with Gasteiger partial charge in [-0.1, -0.05) is 53.2 Å². The molecule has 0 saturated heterocycles. The minimum absolute atomic E-state index is 0.139. The fourth-order valence-corrected chi connectivity index (χ4v) is 3.79. The summed E-state index contributed by atoms with van der Waals surface area (Å²) in [5, 5.41) is 13.0. The van der Waals surface area contributed by atoms with E-state index in [1.807, 2.05) is 35.8 Å². The number of aromatic nitrogens is 3. The summed E-state index contributed by atoms with van der Waals surface area (Å²) in [5.41, 5.74) is 1.02. The number of halogens is 2. The van der Waals surface area contributed by atoms with Crippen molar-refractivity contribution in [2.45, 2.75) is 24.4 Å². The van der Waals surface area contributed by atoms with Crippen molar-refractivity contribution in [2.24, 2.45) is 0 Å². The Hall–Kier alpha value is -2.22. The minimum atomic E-state index is -0.320. The largest absolute Gasteiger partial charge is 0.484 e.